The summed E-state index contributed by atoms with van der Waals surface area (Å²) in [7, 11) is 0. The van der Waals surface area contributed by atoms with E-state index in [2.05, 4.69) is 28.8 Å². The van der Waals surface area contributed by atoms with Crippen molar-refractivity contribution in [3.8, 4) is 0 Å². The first-order valence-corrected chi connectivity index (χ1v) is 8.13. The first-order valence-electron chi connectivity index (χ1n) is 8.13. The van der Waals surface area contributed by atoms with Gasteiger partial charge in [-0.05, 0) is 25.0 Å². The summed E-state index contributed by atoms with van der Waals surface area (Å²) in [5, 5.41) is 0. The number of ether oxygens (including phenoxy) is 1. The molecule has 0 saturated heterocycles. The van der Waals surface area contributed by atoms with Crippen molar-refractivity contribution in [2.45, 2.75) is 44.6 Å². The second-order valence-corrected chi connectivity index (χ2v) is 5.85. The smallest absolute Gasteiger partial charge is 0.113 e. The molecular formula is C17H25N3O. The van der Waals surface area contributed by atoms with E-state index in [0.29, 0.717) is 25.7 Å². The van der Waals surface area contributed by atoms with Gasteiger partial charge in [0.15, 0.2) is 0 Å². The summed E-state index contributed by atoms with van der Waals surface area (Å²) < 4.78 is 7.94. The second kappa shape index (κ2) is 7.05. The molecule has 0 aliphatic heterocycles. The molecule has 1 saturated carbocycles. The summed E-state index contributed by atoms with van der Waals surface area (Å²) in [6, 6.07) is 8.43. The minimum atomic E-state index is 0.583. The maximum atomic E-state index is 5.57. The molecule has 0 amide bonds. The minimum absolute atomic E-state index is 0.583. The highest BCUT2D eigenvalue weighted by molar-refractivity contribution is 5.76. The first-order chi connectivity index (χ1) is 10.4. The predicted octanol–water partition coefficient (Wildman–Crippen LogP) is 3.06. The molecule has 0 bridgehead atoms. The summed E-state index contributed by atoms with van der Waals surface area (Å²) in [6.45, 7) is 2.79. The molecule has 0 radical (unpaired) electrons. The fourth-order valence-corrected chi connectivity index (χ4v) is 3.34. The van der Waals surface area contributed by atoms with Gasteiger partial charge >= 0.3 is 0 Å². The molecule has 1 heterocycles. The molecule has 21 heavy (non-hydrogen) atoms. The average Bonchev–Trinajstić information content (AvgIpc) is 2.91. The van der Waals surface area contributed by atoms with Crippen molar-refractivity contribution in [1.82, 2.24) is 9.55 Å². The van der Waals surface area contributed by atoms with Gasteiger partial charge in [0.25, 0.3) is 0 Å². The Morgan fingerprint density at radius 2 is 1.95 bits per heavy atom. The van der Waals surface area contributed by atoms with Gasteiger partial charge in [0.05, 0.1) is 24.2 Å². The highest BCUT2D eigenvalue weighted by Gasteiger charge is 2.22. The lowest BCUT2D eigenvalue weighted by Crippen LogP contribution is -2.16. The van der Waals surface area contributed by atoms with E-state index in [1.54, 1.807) is 0 Å². The number of imidazole rings is 1. The van der Waals surface area contributed by atoms with Crippen LogP contribution in [0.4, 0.5) is 0 Å². The maximum Gasteiger partial charge on any atom is 0.113 e. The normalized spacial score (nSPS) is 16.6. The molecule has 0 spiro atoms. The van der Waals surface area contributed by atoms with Gasteiger partial charge in [0.2, 0.25) is 0 Å². The third-order valence-corrected chi connectivity index (χ3v) is 4.38. The summed E-state index contributed by atoms with van der Waals surface area (Å²) in [4.78, 5) is 4.92. The van der Waals surface area contributed by atoms with Crippen molar-refractivity contribution < 1.29 is 4.74 Å². The zero-order valence-corrected chi connectivity index (χ0v) is 12.6. The Hall–Kier alpha value is -1.39. The van der Waals surface area contributed by atoms with E-state index in [9.17, 15) is 0 Å². The van der Waals surface area contributed by atoms with E-state index >= 15 is 0 Å². The largest absolute Gasteiger partial charge is 0.378 e. The highest BCUT2D eigenvalue weighted by Crippen LogP contribution is 2.33. The van der Waals surface area contributed by atoms with Crippen LogP contribution in [0, 0.1) is 0 Å². The Labute approximate surface area is 126 Å². The van der Waals surface area contributed by atoms with E-state index < -0.39 is 0 Å². The van der Waals surface area contributed by atoms with Crippen molar-refractivity contribution in [2.75, 3.05) is 19.8 Å². The minimum Gasteiger partial charge on any atom is -0.378 e. The Morgan fingerprint density at radius 1 is 1.14 bits per heavy atom. The number of hydrogen-bond donors (Lipinski definition) is 1. The van der Waals surface area contributed by atoms with E-state index in [1.165, 1.54) is 43.4 Å². The van der Waals surface area contributed by atoms with Gasteiger partial charge in [-0.15, -0.1) is 0 Å². The van der Waals surface area contributed by atoms with Crippen molar-refractivity contribution in [1.29, 1.82) is 0 Å². The molecule has 1 aliphatic carbocycles. The van der Waals surface area contributed by atoms with Crippen molar-refractivity contribution in [3.63, 3.8) is 0 Å². The summed E-state index contributed by atoms with van der Waals surface area (Å²) in [5.74, 6) is 1.87. The third-order valence-electron chi connectivity index (χ3n) is 4.38. The number of nitrogens with two attached hydrogens (primary N) is 1. The molecule has 2 aromatic rings. The summed E-state index contributed by atoms with van der Waals surface area (Å²) >= 11 is 0. The zero-order valence-electron chi connectivity index (χ0n) is 12.6. The predicted molar refractivity (Wildman–Crippen MR) is 85.4 cm³/mol. The van der Waals surface area contributed by atoms with Gasteiger partial charge in [-0.3, -0.25) is 0 Å². The Morgan fingerprint density at radius 3 is 2.76 bits per heavy atom. The average molecular weight is 287 g/mol. The van der Waals surface area contributed by atoms with Gasteiger partial charge in [-0.2, -0.15) is 0 Å². The third kappa shape index (κ3) is 3.27. The van der Waals surface area contributed by atoms with E-state index in [4.69, 9.17) is 15.5 Å². The molecule has 114 valence electrons. The number of hydrogen-bond acceptors (Lipinski definition) is 3. The number of fused-ring (bicyclic) bond motifs is 1. The van der Waals surface area contributed by atoms with E-state index in [0.717, 1.165) is 12.1 Å². The molecule has 4 heteroatoms. The van der Waals surface area contributed by atoms with Crippen LogP contribution < -0.4 is 5.73 Å². The maximum absolute atomic E-state index is 5.57. The SMILES string of the molecule is NCCOCCn1c(C2CCCCC2)nc2ccccc21. The lowest BCUT2D eigenvalue weighted by Gasteiger charge is -2.22. The molecule has 3 rings (SSSR count). The Bertz CT molecular complexity index is 572. The fraction of sp³-hybridized carbons (Fsp3) is 0.588. The Kier molecular flexibility index (Phi) is 4.88. The molecule has 1 fully saturated rings. The van der Waals surface area contributed by atoms with Gasteiger partial charge in [-0.1, -0.05) is 31.4 Å². The van der Waals surface area contributed by atoms with Gasteiger partial charge in [-0.25, -0.2) is 4.98 Å². The van der Waals surface area contributed by atoms with Crippen LogP contribution in [-0.2, 0) is 11.3 Å². The number of nitrogens with zero attached hydrogens (tertiary/aromatic N) is 2. The van der Waals surface area contributed by atoms with Crippen LogP contribution in [-0.4, -0.2) is 29.3 Å². The summed E-state index contributed by atoms with van der Waals surface area (Å²) in [6.07, 6.45) is 6.57. The number of aromatic nitrogens is 2. The van der Waals surface area contributed by atoms with Crippen LogP contribution in [0.2, 0.25) is 0 Å². The Balaban J connectivity index is 1.86. The van der Waals surface area contributed by atoms with Crippen LogP contribution in [0.15, 0.2) is 24.3 Å². The molecule has 4 nitrogen and oxygen atoms in total. The lowest BCUT2D eigenvalue weighted by molar-refractivity contribution is 0.133. The first kappa shape index (κ1) is 14.5. The number of para-hydroxylation sites is 2. The quantitative estimate of drug-likeness (QED) is 0.831. The second-order valence-electron chi connectivity index (χ2n) is 5.85. The molecule has 1 aliphatic rings. The standard InChI is InChI=1S/C17H25N3O/c18-10-12-21-13-11-20-16-9-5-4-8-15(16)19-17(20)14-6-2-1-3-7-14/h4-5,8-9,14H,1-3,6-7,10-13,18H2. The van der Waals surface area contributed by atoms with Crippen molar-refractivity contribution in [2.24, 2.45) is 5.73 Å². The topological polar surface area (TPSA) is 53.1 Å². The molecule has 1 aromatic heterocycles. The van der Waals surface area contributed by atoms with Gasteiger partial charge in [0.1, 0.15) is 5.82 Å². The lowest BCUT2D eigenvalue weighted by atomic mass is 9.88. The fourth-order valence-electron chi connectivity index (χ4n) is 3.34. The van der Waals surface area contributed by atoms with Crippen LogP contribution in [0.5, 0.6) is 0 Å². The van der Waals surface area contributed by atoms with Crippen LogP contribution in [0.25, 0.3) is 11.0 Å². The molecule has 2 N–H and O–H groups in total. The number of rotatable bonds is 6. The molecular weight excluding hydrogens is 262 g/mol. The molecule has 0 unspecified atom stereocenters. The van der Waals surface area contributed by atoms with E-state index in [1.807, 2.05) is 0 Å². The van der Waals surface area contributed by atoms with Crippen LogP contribution >= 0.6 is 0 Å². The van der Waals surface area contributed by atoms with Crippen molar-refractivity contribution >= 4 is 11.0 Å². The van der Waals surface area contributed by atoms with Crippen LogP contribution in [0.1, 0.15) is 43.8 Å². The van der Waals surface area contributed by atoms with Crippen LogP contribution in [0.3, 0.4) is 0 Å². The van der Waals surface area contributed by atoms with Gasteiger partial charge in [0, 0.05) is 19.0 Å². The van der Waals surface area contributed by atoms with Gasteiger partial charge < -0.3 is 15.0 Å². The molecule has 1 aromatic carbocycles. The van der Waals surface area contributed by atoms with Crippen molar-refractivity contribution in [3.05, 3.63) is 30.1 Å². The van der Waals surface area contributed by atoms with E-state index in [-0.39, 0.29) is 0 Å². The highest BCUT2D eigenvalue weighted by atomic mass is 16.5. The monoisotopic (exact) mass is 287 g/mol. The summed E-state index contributed by atoms with van der Waals surface area (Å²) in [5.41, 5.74) is 7.82. The molecule has 0 atom stereocenters. The zero-order chi connectivity index (χ0) is 14.5. The number of benzene rings is 1.